The fourth-order valence-electron chi connectivity index (χ4n) is 2.73. The van der Waals surface area contributed by atoms with E-state index in [2.05, 4.69) is 4.98 Å². The van der Waals surface area contributed by atoms with Gasteiger partial charge >= 0.3 is 0 Å². The number of fused-ring (bicyclic) bond motifs is 3. The predicted octanol–water partition coefficient (Wildman–Crippen LogP) is 2.37. The molecule has 1 aromatic heterocycles. The highest BCUT2D eigenvalue weighted by Crippen LogP contribution is 2.28. The summed E-state index contributed by atoms with van der Waals surface area (Å²) in [5, 5.41) is 2.24. The Morgan fingerprint density at radius 2 is 1.00 bits per heavy atom. The van der Waals surface area contributed by atoms with Crippen LogP contribution in [0.5, 0.6) is 0 Å². The summed E-state index contributed by atoms with van der Waals surface area (Å²) >= 11 is 0. The molecule has 0 fully saturated rings. The number of H-pyrrole nitrogens is 1. The van der Waals surface area contributed by atoms with E-state index < -0.39 is 11.8 Å². The Hall–Kier alpha value is -4.00. The third-order valence-corrected chi connectivity index (χ3v) is 4.10. The monoisotopic (exact) mass is 361 g/mol. The maximum absolute atomic E-state index is 10.6. The first-order valence-electron chi connectivity index (χ1n) is 8.11. The Bertz CT molecular complexity index is 1060. The molecule has 0 radical (unpaired) electrons. The molecule has 27 heavy (non-hydrogen) atoms. The van der Waals surface area contributed by atoms with E-state index in [1.54, 1.807) is 0 Å². The van der Waals surface area contributed by atoms with Gasteiger partial charge in [-0.25, -0.2) is 0 Å². The molecule has 0 aliphatic carbocycles. The molecular weight excluding hydrogens is 342 g/mol. The predicted molar refractivity (Wildman–Crippen MR) is 108 cm³/mol. The van der Waals surface area contributed by atoms with Gasteiger partial charge in [-0.1, -0.05) is 0 Å². The zero-order valence-corrected chi connectivity index (χ0v) is 14.4. The zero-order chi connectivity index (χ0) is 19.6. The van der Waals surface area contributed by atoms with E-state index in [4.69, 9.17) is 22.9 Å². The Labute approximate surface area is 154 Å². The van der Waals surface area contributed by atoms with Gasteiger partial charge in [-0.05, 0) is 60.7 Å². The van der Waals surface area contributed by atoms with Crippen LogP contribution in [-0.4, -0.2) is 16.8 Å². The molecular formula is C20H19N5O2. The van der Waals surface area contributed by atoms with Crippen molar-refractivity contribution in [2.24, 2.45) is 11.5 Å². The van der Waals surface area contributed by atoms with E-state index in [0.29, 0.717) is 11.1 Å². The van der Waals surface area contributed by atoms with Crippen molar-refractivity contribution in [2.45, 2.75) is 0 Å². The first-order valence-corrected chi connectivity index (χ1v) is 8.11. The number of anilines is 2. The number of nitrogens with two attached hydrogens (primary N) is 4. The fourth-order valence-corrected chi connectivity index (χ4v) is 2.73. The van der Waals surface area contributed by atoms with Crippen LogP contribution < -0.4 is 22.9 Å². The van der Waals surface area contributed by atoms with Gasteiger partial charge in [0.05, 0.1) is 0 Å². The minimum absolute atomic E-state index is 0.361. The minimum atomic E-state index is -0.522. The normalized spacial score (nSPS) is 10.4. The van der Waals surface area contributed by atoms with Gasteiger partial charge in [-0.3, -0.25) is 9.59 Å². The van der Waals surface area contributed by atoms with Gasteiger partial charge in [0.15, 0.2) is 0 Å². The number of hydrogen-bond donors (Lipinski definition) is 5. The molecule has 1 heterocycles. The molecule has 4 aromatic rings. The van der Waals surface area contributed by atoms with Gasteiger partial charge in [-0.2, -0.15) is 0 Å². The van der Waals surface area contributed by atoms with Crippen molar-refractivity contribution in [2.75, 3.05) is 11.5 Å². The van der Waals surface area contributed by atoms with Gasteiger partial charge in [0.1, 0.15) is 0 Å². The number of carbonyl (C=O) groups excluding carboxylic acids is 2. The van der Waals surface area contributed by atoms with Crippen LogP contribution >= 0.6 is 0 Å². The Kier molecular flexibility index (Phi) is 4.68. The molecule has 0 atom stereocenters. The largest absolute Gasteiger partial charge is 0.399 e. The molecule has 0 unspecified atom stereocenters. The van der Waals surface area contributed by atoms with Crippen molar-refractivity contribution in [1.82, 2.24) is 4.98 Å². The summed E-state index contributed by atoms with van der Waals surface area (Å²) in [4.78, 5) is 24.5. The zero-order valence-electron chi connectivity index (χ0n) is 14.4. The van der Waals surface area contributed by atoms with Crippen LogP contribution in [0.3, 0.4) is 0 Å². The van der Waals surface area contributed by atoms with Gasteiger partial charge in [0.2, 0.25) is 11.8 Å². The number of benzene rings is 3. The number of aromatic nitrogens is 1. The highest BCUT2D eigenvalue weighted by atomic mass is 16.1. The second-order valence-electron chi connectivity index (χ2n) is 6.04. The van der Waals surface area contributed by atoms with E-state index in [0.717, 1.165) is 33.2 Å². The smallest absolute Gasteiger partial charge is 0.248 e. The molecule has 4 rings (SSSR count). The molecule has 7 nitrogen and oxygen atoms in total. The number of rotatable bonds is 2. The van der Waals surface area contributed by atoms with Gasteiger partial charge < -0.3 is 27.9 Å². The molecule has 0 aliphatic heterocycles. The lowest BCUT2D eigenvalue weighted by Crippen LogP contribution is -2.13. The van der Waals surface area contributed by atoms with Crippen LogP contribution in [0.2, 0.25) is 0 Å². The number of nitrogens with one attached hydrogen (secondary N) is 1. The molecule has 0 saturated carbocycles. The third-order valence-electron chi connectivity index (χ3n) is 4.10. The highest BCUT2D eigenvalue weighted by molar-refractivity contribution is 6.09. The van der Waals surface area contributed by atoms with Crippen LogP contribution in [0.4, 0.5) is 11.4 Å². The van der Waals surface area contributed by atoms with Gasteiger partial charge in [0, 0.05) is 44.3 Å². The second-order valence-corrected chi connectivity index (χ2v) is 6.04. The van der Waals surface area contributed by atoms with Gasteiger partial charge in [-0.15, -0.1) is 0 Å². The quantitative estimate of drug-likeness (QED) is 0.348. The summed E-state index contributed by atoms with van der Waals surface area (Å²) in [7, 11) is 0. The van der Waals surface area contributed by atoms with E-state index >= 15 is 0 Å². The van der Waals surface area contributed by atoms with Crippen molar-refractivity contribution in [3.8, 4) is 0 Å². The van der Waals surface area contributed by atoms with E-state index in [9.17, 15) is 9.59 Å². The van der Waals surface area contributed by atoms with Crippen molar-refractivity contribution in [1.29, 1.82) is 0 Å². The summed E-state index contributed by atoms with van der Waals surface area (Å²) in [6, 6.07) is 17.5. The van der Waals surface area contributed by atoms with E-state index in [1.165, 1.54) is 24.3 Å². The lowest BCUT2D eigenvalue weighted by molar-refractivity contribution is 0.0988. The topological polar surface area (TPSA) is 154 Å². The fraction of sp³-hybridized carbons (Fsp3) is 0. The summed E-state index contributed by atoms with van der Waals surface area (Å²) in [5.41, 5.74) is 25.9. The van der Waals surface area contributed by atoms with Crippen molar-refractivity contribution < 1.29 is 9.59 Å². The van der Waals surface area contributed by atoms with E-state index in [1.807, 2.05) is 36.4 Å². The molecule has 136 valence electrons. The molecule has 0 spiro atoms. The third kappa shape index (κ3) is 3.82. The molecule has 0 aliphatic rings. The Balaban J connectivity index is 0.000000161. The van der Waals surface area contributed by atoms with E-state index in [-0.39, 0.29) is 0 Å². The van der Waals surface area contributed by atoms with Crippen LogP contribution in [0, 0.1) is 0 Å². The number of aromatic amines is 1. The average molecular weight is 361 g/mol. The second kappa shape index (κ2) is 7.09. The Morgan fingerprint density at radius 1 is 0.630 bits per heavy atom. The minimum Gasteiger partial charge on any atom is -0.399 e. The van der Waals surface area contributed by atoms with Crippen molar-refractivity contribution in [3.05, 3.63) is 71.8 Å². The van der Waals surface area contributed by atoms with Crippen LogP contribution in [0.1, 0.15) is 20.7 Å². The number of hydrogen-bond acceptors (Lipinski definition) is 4. The van der Waals surface area contributed by atoms with Crippen LogP contribution in [0.15, 0.2) is 60.7 Å². The first-order chi connectivity index (χ1) is 12.8. The lowest BCUT2D eigenvalue weighted by atomic mass is 10.1. The number of nitrogen functional groups attached to an aromatic ring is 2. The summed E-state index contributed by atoms with van der Waals surface area (Å²) < 4.78 is 0. The first kappa shape index (κ1) is 17.8. The highest BCUT2D eigenvalue weighted by Gasteiger charge is 2.04. The van der Waals surface area contributed by atoms with Gasteiger partial charge in [0.25, 0.3) is 0 Å². The number of carbonyl (C=O) groups is 2. The molecule has 0 saturated heterocycles. The SMILES string of the molecule is NC(=O)c1ccc(C(N)=O)cc1.Nc1ccc2[nH]c3ccc(N)cc3c2c1. The molecule has 0 bridgehead atoms. The average Bonchev–Trinajstić information content (AvgIpc) is 2.99. The maximum atomic E-state index is 10.6. The van der Waals surface area contributed by atoms with Crippen LogP contribution in [0.25, 0.3) is 21.8 Å². The standard InChI is InChI=1S/C12H11N3.C8H8N2O2/c13-7-1-3-11-9(5-7)10-6-8(14)2-4-12(10)15-11;9-7(11)5-1-2-6(4-3-5)8(10)12/h1-6,15H,13-14H2;1-4H,(H2,9,11)(H2,10,12). The molecule has 3 aromatic carbocycles. The number of amides is 2. The summed E-state index contributed by atoms with van der Waals surface area (Å²) in [6.45, 7) is 0. The maximum Gasteiger partial charge on any atom is 0.248 e. The molecule has 7 heteroatoms. The summed E-state index contributed by atoms with van der Waals surface area (Å²) in [5.74, 6) is -1.04. The Morgan fingerprint density at radius 3 is 1.33 bits per heavy atom. The molecule has 2 amide bonds. The van der Waals surface area contributed by atoms with Crippen molar-refractivity contribution in [3.63, 3.8) is 0 Å². The number of primary amides is 2. The summed E-state index contributed by atoms with van der Waals surface area (Å²) in [6.07, 6.45) is 0. The van der Waals surface area contributed by atoms with Crippen molar-refractivity contribution >= 4 is 45.0 Å². The molecule has 9 N–H and O–H groups in total. The lowest BCUT2D eigenvalue weighted by Gasteiger charge is -1.96. The van der Waals surface area contributed by atoms with Crippen LogP contribution in [-0.2, 0) is 0 Å².